The predicted octanol–water partition coefficient (Wildman–Crippen LogP) is 4.41. The Morgan fingerprint density at radius 3 is 2.34 bits per heavy atom. The number of nitrogens with zero attached hydrogens (tertiary/aromatic N) is 1. The van der Waals surface area contributed by atoms with Gasteiger partial charge >= 0.3 is 0 Å². The van der Waals surface area contributed by atoms with E-state index >= 15 is 0 Å². The van der Waals surface area contributed by atoms with Crippen molar-refractivity contribution < 1.29 is 13.0 Å². The summed E-state index contributed by atoms with van der Waals surface area (Å²) in [6, 6.07) is 11.6. The first-order valence-electron chi connectivity index (χ1n) is 9.00. The maximum absolute atomic E-state index is 14.5. The van der Waals surface area contributed by atoms with E-state index in [1.54, 1.807) is 32.2 Å². The standard InChI is InChI=1S/C21H21F2N3O2S/c1-4-14-5-10-18(17(23)12-14)24-20-19(11-13(2)21(27)26(20)3)25-29(28)16-8-6-15(22)7-9-16/h5-12,24-25H,4H2,1-3H3. The summed E-state index contributed by atoms with van der Waals surface area (Å²) in [7, 11) is -0.167. The van der Waals surface area contributed by atoms with Gasteiger partial charge in [0.2, 0.25) is 0 Å². The summed E-state index contributed by atoms with van der Waals surface area (Å²) in [5, 5.41) is 2.93. The lowest BCUT2D eigenvalue weighted by atomic mass is 10.1. The molecule has 0 bridgehead atoms. The first kappa shape index (κ1) is 20.7. The first-order chi connectivity index (χ1) is 13.8. The summed E-state index contributed by atoms with van der Waals surface area (Å²) in [6.45, 7) is 3.56. The third-order valence-electron chi connectivity index (χ3n) is 4.52. The van der Waals surface area contributed by atoms with Gasteiger partial charge in [0.25, 0.3) is 5.56 Å². The number of nitrogens with one attached hydrogen (secondary N) is 2. The average Bonchev–Trinajstić information content (AvgIpc) is 2.70. The van der Waals surface area contributed by atoms with E-state index in [2.05, 4.69) is 10.0 Å². The zero-order chi connectivity index (χ0) is 21.1. The third kappa shape index (κ3) is 4.54. The molecule has 2 aromatic carbocycles. The molecule has 1 unspecified atom stereocenters. The highest BCUT2D eigenvalue weighted by Gasteiger charge is 2.15. The molecule has 1 heterocycles. The molecule has 0 saturated heterocycles. The molecule has 3 aromatic rings. The number of hydrogen-bond donors (Lipinski definition) is 2. The van der Waals surface area contributed by atoms with Crippen molar-refractivity contribution in [2.24, 2.45) is 7.05 Å². The number of pyridine rings is 1. The fraction of sp³-hybridized carbons (Fsp3) is 0.190. The molecular formula is C21H21F2N3O2S. The van der Waals surface area contributed by atoms with Crippen LogP contribution in [-0.4, -0.2) is 8.78 Å². The molecule has 2 N–H and O–H groups in total. The Morgan fingerprint density at radius 2 is 1.72 bits per heavy atom. The minimum Gasteiger partial charge on any atom is -0.337 e. The van der Waals surface area contributed by atoms with Crippen LogP contribution in [0.4, 0.5) is 26.0 Å². The normalized spacial score (nSPS) is 11.9. The smallest absolute Gasteiger partial charge is 0.254 e. The van der Waals surface area contributed by atoms with Gasteiger partial charge < -0.3 is 5.32 Å². The van der Waals surface area contributed by atoms with E-state index in [-0.39, 0.29) is 17.1 Å². The van der Waals surface area contributed by atoms with Gasteiger partial charge in [-0.25, -0.2) is 13.0 Å². The molecule has 3 rings (SSSR count). The first-order valence-corrected chi connectivity index (χ1v) is 10.1. The van der Waals surface area contributed by atoms with E-state index in [9.17, 15) is 17.8 Å². The number of anilines is 3. The molecule has 0 saturated carbocycles. The van der Waals surface area contributed by atoms with Gasteiger partial charge in [-0.2, -0.15) is 0 Å². The van der Waals surface area contributed by atoms with Gasteiger partial charge in [0, 0.05) is 12.6 Å². The Kier molecular flexibility index (Phi) is 6.12. The molecule has 1 aromatic heterocycles. The van der Waals surface area contributed by atoms with Crippen LogP contribution >= 0.6 is 0 Å². The molecule has 5 nitrogen and oxygen atoms in total. The largest absolute Gasteiger partial charge is 0.337 e. The second kappa shape index (κ2) is 8.57. The number of hydrogen-bond acceptors (Lipinski definition) is 3. The lowest BCUT2D eigenvalue weighted by Gasteiger charge is -2.18. The van der Waals surface area contributed by atoms with Crippen molar-refractivity contribution in [2.75, 3.05) is 10.0 Å². The molecule has 8 heteroatoms. The maximum atomic E-state index is 14.5. The zero-order valence-corrected chi connectivity index (χ0v) is 17.1. The van der Waals surface area contributed by atoms with Crippen LogP contribution in [0.3, 0.4) is 0 Å². The van der Waals surface area contributed by atoms with Crippen molar-refractivity contribution in [2.45, 2.75) is 25.2 Å². The van der Waals surface area contributed by atoms with Crippen molar-refractivity contribution in [1.82, 2.24) is 4.57 Å². The topological polar surface area (TPSA) is 63.1 Å². The van der Waals surface area contributed by atoms with E-state index in [4.69, 9.17) is 0 Å². The molecular weight excluding hydrogens is 396 g/mol. The van der Waals surface area contributed by atoms with Crippen molar-refractivity contribution in [1.29, 1.82) is 0 Å². The summed E-state index contributed by atoms with van der Waals surface area (Å²) in [6.07, 6.45) is 0.698. The van der Waals surface area contributed by atoms with E-state index < -0.39 is 22.6 Å². The van der Waals surface area contributed by atoms with Gasteiger partial charge in [0.05, 0.1) is 16.3 Å². The van der Waals surface area contributed by atoms with Crippen LogP contribution in [0.5, 0.6) is 0 Å². The van der Waals surface area contributed by atoms with Gasteiger partial charge in [-0.3, -0.25) is 14.1 Å². The van der Waals surface area contributed by atoms with Crippen LogP contribution in [0.15, 0.2) is 58.2 Å². The van der Waals surface area contributed by atoms with Crippen LogP contribution in [0, 0.1) is 18.6 Å². The van der Waals surface area contributed by atoms with Gasteiger partial charge in [0.15, 0.2) is 0 Å². The maximum Gasteiger partial charge on any atom is 0.254 e. The summed E-state index contributed by atoms with van der Waals surface area (Å²) >= 11 is 0. The molecule has 0 aliphatic carbocycles. The Bertz CT molecular complexity index is 1130. The number of rotatable bonds is 6. The molecule has 0 amide bonds. The fourth-order valence-corrected chi connectivity index (χ4v) is 3.70. The van der Waals surface area contributed by atoms with Crippen LogP contribution in [0.2, 0.25) is 0 Å². The molecule has 0 fully saturated rings. The molecule has 0 spiro atoms. The molecule has 152 valence electrons. The van der Waals surface area contributed by atoms with Crippen LogP contribution < -0.4 is 15.6 Å². The van der Waals surface area contributed by atoms with E-state index in [1.165, 1.54) is 34.9 Å². The SMILES string of the molecule is CCc1ccc(Nc2c(NS(=O)c3ccc(F)cc3)cc(C)c(=O)n2C)c(F)c1. The predicted molar refractivity (Wildman–Crippen MR) is 112 cm³/mol. The second-order valence-corrected chi connectivity index (χ2v) is 7.78. The van der Waals surface area contributed by atoms with Gasteiger partial charge in [-0.05, 0) is 61.4 Å². The highest BCUT2D eigenvalue weighted by atomic mass is 32.2. The van der Waals surface area contributed by atoms with E-state index in [0.717, 1.165) is 5.56 Å². The lowest BCUT2D eigenvalue weighted by molar-refractivity contribution is 0.626. The van der Waals surface area contributed by atoms with Gasteiger partial charge in [0.1, 0.15) is 28.4 Å². The molecule has 1 atom stereocenters. The average molecular weight is 417 g/mol. The summed E-state index contributed by atoms with van der Waals surface area (Å²) in [4.78, 5) is 12.8. The second-order valence-electron chi connectivity index (χ2n) is 6.57. The Morgan fingerprint density at radius 1 is 1.03 bits per heavy atom. The Labute approximate surface area is 170 Å². The lowest BCUT2D eigenvalue weighted by Crippen LogP contribution is -2.23. The van der Waals surface area contributed by atoms with Gasteiger partial charge in [-0.1, -0.05) is 13.0 Å². The molecule has 0 aliphatic rings. The number of benzene rings is 2. The monoisotopic (exact) mass is 417 g/mol. The van der Waals surface area contributed by atoms with Crippen molar-refractivity contribution in [3.63, 3.8) is 0 Å². The highest BCUT2D eigenvalue weighted by molar-refractivity contribution is 7.86. The number of halogens is 2. The Hall–Kier alpha value is -3.00. The minimum atomic E-state index is -1.71. The fourth-order valence-electron chi connectivity index (χ4n) is 2.85. The highest BCUT2D eigenvalue weighted by Crippen LogP contribution is 2.28. The van der Waals surface area contributed by atoms with Crippen molar-refractivity contribution in [3.05, 3.63) is 81.6 Å². The summed E-state index contributed by atoms with van der Waals surface area (Å²) < 4.78 is 44.4. The van der Waals surface area contributed by atoms with Gasteiger partial charge in [-0.15, -0.1) is 0 Å². The summed E-state index contributed by atoms with van der Waals surface area (Å²) in [5.74, 6) is -0.626. The van der Waals surface area contributed by atoms with Crippen molar-refractivity contribution >= 4 is 28.2 Å². The van der Waals surface area contributed by atoms with E-state index in [1.807, 2.05) is 6.92 Å². The summed E-state index contributed by atoms with van der Waals surface area (Å²) in [5.41, 5.74) is 1.55. The quantitative estimate of drug-likeness (QED) is 0.624. The molecule has 0 radical (unpaired) electrons. The molecule has 0 aliphatic heterocycles. The van der Waals surface area contributed by atoms with Crippen molar-refractivity contribution in [3.8, 4) is 0 Å². The zero-order valence-electron chi connectivity index (χ0n) is 16.3. The van der Waals surface area contributed by atoms with Crippen LogP contribution in [0.1, 0.15) is 18.1 Å². The number of aryl methyl sites for hydroxylation is 2. The van der Waals surface area contributed by atoms with Crippen LogP contribution in [0.25, 0.3) is 0 Å². The Balaban J connectivity index is 2.00. The third-order valence-corrected chi connectivity index (χ3v) is 5.62. The molecule has 29 heavy (non-hydrogen) atoms. The van der Waals surface area contributed by atoms with E-state index in [0.29, 0.717) is 22.6 Å². The number of aromatic nitrogens is 1. The minimum absolute atomic E-state index is 0.191. The van der Waals surface area contributed by atoms with Crippen LogP contribution in [-0.2, 0) is 24.5 Å².